The molecule has 2 atom stereocenters. The Kier molecular flexibility index (Phi) is 4.49. The van der Waals surface area contributed by atoms with E-state index in [1.807, 2.05) is 6.92 Å². The standard InChI is InChI=1S/C15H19BrFNO2/c1-4-20-12-8-11(15(12,2)3)18-14(19)13-9(16)6-5-7-10(13)17/h5-7,11-12H,4,8H2,1-3H3,(H,18,19). The molecular weight excluding hydrogens is 325 g/mol. The Morgan fingerprint density at radius 2 is 2.25 bits per heavy atom. The summed E-state index contributed by atoms with van der Waals surface area (Å²) in [6.45, 7) is 6.72. The van der Waals surface area contributed by atoms with Gasteiger partial charge in [-0.25, -0.2) is 4.39 Å². The van der Waals surface area contributed by atoms with Gasteiger partial charge >= 0.3 is 0 Å². The fourth-order valence-electron chi connectivity index (χ4n) is 2.56. The lowest BCUT2D eigenvalue weighted by Gasteiger charge is -2.51. The smallest absolute Gasteiger partial charge is 0.255 e. The van der Waals surface area contributed by atoms with Gasteiger partial charge in [-0.3, -0.25) is 4.79 Å². The summed E-state index contributed by atoms with van der Waals surface area (Å²) in [6.07, 6.45) is 0.903. The molecule has 1 N–H and O–H groups in total. The van der Waals surface area contributed by atoms with E-state index in [0.717, 1.165) is 6.42 Å². The van der Waals surface area contributed by atoms with Gasteiger partial charge in [0.25, 0.3) is 5.91 Å². The molecule has 0 spiro atoms. The van der Waals surface area contributed by atoms with Gasteiger partial charge in [-0.15, -0.1) is 0 Å². The van der Waals surface area contributed by atoms with Crippen molar-refractivity contribution in [3.05, 3.63) is 34.1 Å². The lowest BCUT2D eigenvalue weighted by molar-refractivity contribution is -0.111. The normalized spacial score (nSPS) is 24.1. The molecule has 110 valence electrons. The summed E-state index contributed by atoms with van der Waals surface area (Å²) < 4.78 is 19.8. The van der Waals surface area contributed by atoms with E-state index < -0.39 is 5.82 Å². The van der Waals surface area contributed by atoms with Crippen LogP contribution >= 0.6 is 15.9 Å². The third kappa shape index (κ3) is 2.74. The monoisotopic (exact) mass is 343 g/mol. The third-order valence-corrected chi connectivity index (χ3v) is 4.70. The van der Waals surface area contributed by atoms with Crippen LogP contribution in [0.3, 0.4) is 0 Å². The molecule has 0 heterocycles. The molecule has 1 aliphatic carbocycles. The lowest BCUT2D eigenvalue weighted by Crippen LogP contribution is -2.62. The topological polar surface area (TPSA) is 38.3 Å². The number of nitrogens with one attached hydrogen (secondary N) is 1. The predicted molar refractivity (Wildman–Crippen MR) is 79.2 cm³/mol. The number of hydrogen-bond donors (Lipinski definition) is 1. The molecule has 3 nitrogen and oxygen atoms in total. The van der Waals surface area contributed by atoms with Crippen molar-refractivity contribution in [3.63, 3.8) is 0 Å². The Bertz CT molecular complexity index is 498. The highest BCUT2D eigenvalue weighted by molar-refractivity contribution is 9.10. The second-order valence-corrected chi connectivity index (χ2v) is 6.48. The fraction of sp³-hybridized carbons (Fsp3) is 0.533. The molecular formula is C15H19BrFNO2. The largest absolute Gasteiger partial charge is 0.378 e. The minimum absolute atomic E-state index is 0.00180. The van der Waals surface area contributed by atoms with Crippen LogP contribution in [0.15, 0.2) is 22.7 Å². The quantitative estimate of drug-likeness (QED) is 0.908. The van der Waals surface area contributed by atoms with E-state index >= 15 is 0 Å². The zero-order valence-corrected chi connectivity index (χ0v) is 13.5. The molecule has 1 aromatic rings. The Labute approximate surface area is 127 Å². The molecule has 20 heavy (non-hydrogen) atoms. The Balaban J connectivity index is 2.07. The van der Waals surface area contributed by atoms with Crippen molar-refractivity contribution >= 4 is 21.8 Å². The van der Waals surface area contributed by atoms with Crippen LogP contribution < -0.4 is 5.32 Å². The average molecular weight is 344 g/mol. The highest BCUT2D eigenvalue weighted by atomic mass is 79.9. The number of hydrogen-bond acceptors (Lipinski definition) is 2. The maximum Gasteiger partial charge on any atom is 0.255 e. The van der Waals surface area contributed by atoms with E-state index in [1.54, 1.807) is 12.1 Å². The minimum atomic E-state index is -0.518. The van der Waals surface area contributed by atoms with Crippen LogP contribution in [0.5, 0.6) is 0 Å². The number of benzene rings is 1. The first-order chi connectivity index (χ1) is 9.37. The average Bonchev–Trinajstić information content (AvgIpc) is 2.37. The van der Waals surface area contributed by atoms with Crippen LogP contribution in [0, 0.1) is 11.2 Å². The van der Waals surface area contributed by atoms with Crippen LogP contribution in [-0.4, -0.2) is 24.7 Å². The lowest BCUT2D eigenvalue weighted by atomic mass is 9.64. The number of carbonyl (C=O) groups excluding carboxylic acids is 1. The van der Waals surface area contributed by atoms with Crippen LogP contribution in [0.1, 0.15) is 37.6 Å². The Morgan fingerprint density at radius 3 is 2.80 bits per heavy atom. The van der Waals surface area contributed by atoms with Crippen LogP contribution in [0.4, 0.5) is 4.39 Å². The minimum Gasteiger partial charge on any atom is -0.378 e. The van der Waals surface area contributed by atoms with Crippen molar-refractivity contribution in [1.29, 1.82) is 0 Å². The van der Waals surface area contributed by atoms with E-state index in [0.29, 0.717) is 11.1 Å². The van der Waals surface area contributed by atoms with E-state index in [4.69, 9.17) is 4.74 Å². The summed E-state index contributed by atoms with van der Waals surface area (Å²) in [4.78, 5) is 12.2. The van der Waals surface area contributed by atoms with Gasteiger partial charge in [0.1, 0.15) is 5.82 Å². The second-order valence-electron chi connectivity index (χ2n) is 5.62. The van der Waals surface area contributed by atoms with E-state index in [1.165, 1.54) is 6.07 Å². The van der Waals surface area contributed by atoms with Crippen LogP contribution in [0.25, 0.3) is 0 Å². The fourth-order valence-corrected chi connectivity index (χ4v) is 3.08. The molecule has 5 heteroatoms. The second kappa shape index (κ2) is 5.82. The van der Waals surface area contributed by atoms with Crippen molar-refractivity contribution in [3.8, 4) is 0 Å². The molecule has 2 rings (SSSR count). The first-order valence-corrected chi connectivity index (χ1v) is 7.53. The van der Waals surface area contributed by atoms with Crippen molar-refractivity contribution in [2.45, 2.75) is 39.3 Å². The van der Waals surface area contributed by atoms with Gasteiger partial charge in [0.05, 0.1) is 11.7 Å². The van der Waals surface area contributed by atoms with E-state index in [2.05, 4.69) is 35.1 Å². The van der Waals surface area contributed by atoms with Crippen LogP contribution in [0.2, 0.25) is 0 Å². The highest BCUT2D eigenvalue weighted by Gasteiger charge is 2.49. The molecule has 1 aromatic carbocycles. The van der Waals surface area contributed by atoms with Gasteiger partial charge in [-0.1, -0.05) is 19.9 Å². The Morgan fingerprint density at radius 1 is 1.55 bits per heavy atom. The molecule has 1 saturated carbocycles. The van der Waals surface area contributed by atoms with Crippen molar-refractivity contribution < 1.29 is 13.9 Å². The number of ether oxygens (including phenoxy) is 1. The number of halogens is 2. The van der Waals surface area contributed by atoms with Crippen molar-refractivity contribution in [2.75, 3.05) is 6.61 Å². The SMILES string of the molecule is CCOC1CC(NC(=O)c2c(F)cccc2Br)C1(C)C. The van der Waals surface area contributed by atoms with Crippen molar-refractivity contribution in [2.24, 2.45) is 5.41 Å². The van der Waals surface area contributed by atoms with Crippen molar-refractivity contribution in [1.82, 2.24) is 5.32 Å². The number of rotatable bonds is 4. The number of amides is 1. The van der Waals surface area contributed by atoms with Gasteiger partial charge in [0.2, 0.25) is 0 Å². The first-order valence-electron chi connectivity index (χ1n) is 6.74. The molecule has 0 saturated heterocycles. The summed E-state index contributed by atoms with van der Waals surface area (Å²) in [5.74, 6) is -0.904. The van der Waals surface area contributed by atoms with Crippen LogP contribution in [-0.2, 0) is 4.74 Å². The van der Waals surface area contributed by atoms with Gasteiger partial charge in [-0.2, -0.15) is 0 Å². The summed E-state index contributed by atoms with van der Waals surface area (Å²) in [7, 11) is 0. The summed E-state index contributed by atoms with van der Waals surface area (Å²) in [6, 6.07) is 4.51. The molecule has 2 unspecified atom stereocenters. The molecule has 0 aliphatic heterocycles. The maximum absolute atomic E-state index is 13.7. The highest BCUT2D eigenvalue weighted by Crippen LogP contribution is 2.43. The summed E-state index contributed by atoms with van der Waals surface area (Å²) in [5, 5.41) is 2.90. The first kappa shape index (κ1) is 15.4. The van der Waals surface area contributed by atoms with Gasteiger partial charge < -0.3 is 10.1 Å². The zero-order valence-electron chi connectivity index (χ0n) is 11.9. The molecule has 0 aromatic heterocycles. The molecule has 0 bridgehead atoms. The summed E-state index contributed by atoms with van der Waals surface area (Å²) >= 11 is 3.22. The number of carbonyl (C=O) groups is 1. The van der Waals surface area contributed by atoms with Gasteiger partial charge in [0.15, 0.2) is 0 Å². The maximum atomic E-state index is 13.7. The van der Waals surface area contributed by atoms with Gasteiger partial charge in [-0.05, 0) is 41.4 Å². The Hall–Kier alpha value is -0.940. The molecule has 1 aliphatic rings. The van der Waals surface area contributed by atoms with E-state index in [-0.39, 0.29) is 29.0 Å². The molecule has 1 fully saturated rings. The third-order valence-electron chi connectivity index (χ3n) is 4.04. The van der Waals surface area contributed by atoms with Gasteiger partial charge in [0, 0.05) is 22.5 Å². The predicted octanol–water partition coefficient (Wildman–Crippen LogP) is 3.52. The summed E-state index contributed by atoms with van der Waals surface area (Å²) in [5.41, 5.74) is -0.0770. The van der Waals surface area contributed by atoms with E-state index in [9.17, 15) is 9.18 Å². The zero-order chi connectivity index (χ0) is 14.9. The molecule has 1 amide bonds. The molecule has 0 radical (unpaired) electrons.